The number of nitrogens with zero attached hydrogens (tertiary/aromatic N) is 3. The second kappa shape index (κ2) is 10.2. The number of morpholine rings is 1. The number of carbonyl (C=O) groups is 1. The van der Waals surface area contributed by atoms with Crippen molar-refractivity contribution in [3.05, 3.63) is 71.4 Å². The van der Waals surface area contributed by atoms with Crippen molar-refractivity contribution in [3.63, 3.8) is 0 Å². The van der Waals surface area contributed by atoms with E-state index in [1.165, 1.54) is 5.56 Å². The summed E-state index contributed by atoms with van der Waals surface area (Å²) in [5.74, 6) is 1.50. The van der Waals surface area contributed by atoms with E-state index >= 15 is 0 Å². The summed E-state index contributed by atoms with van der Waals surface area (Å²) in [6.07, 6.45) is 3.94. The number of benzene rings is 1. The predicted molar refractivity (Wildman–Crippen MR) is 120 cm³/mol. The van der Waals surface area contributed by atoms with E-state index in [-0.39, 0.29) is 12.0 Å². The summed E-state index contributed by atoms with van der Waals surface area (Å²) in [7, 11) is 1.95. The smallest absolute Gasteiger partial charge is 0.287 e. The van der Waals surface area contributed by atoms with Crippen LogP contribution < -0.4 is 5.32 Å². The number of aromatic nitrogens is 2. The van der Waals surface area contributed by atoms with Gasteiger partial charge in [-0.15, -0.1) is 0 Å². The van der Waals surface area contributed by atoms with Gasteiger partial charge in [-0.1, -0.05) is 36.0 Å². The van der Waals surface area contributed by atoms with E-state index in [4.69, 9.17) is 9.15 Å². The molecule has 31 heavy (non-hydrogen) atoms. The minimum absolute atomic E-state index is 0.208. The summed E-state index contributed by atoms with van der Waals surface area (Å²) in [5.41, 5.74) is 2.32. The van der Waals surface area contributed by atoms with Gasteiger partial charge in [-0.25, -0.2) is 4.98 Å². The summed E-state index contributed by atoms with van der Waals surface area (Å²) in [5, 5.41) is 3.87. The van der Waals surface area contributed by atoms with E-state index in [1.54, 1.807) is 24.0 Å². The first kappa shape index (κ1) is 21.7. The third kappa shape index (κ3) is 6.00. The van der Waals surface area contributed by atoms with Crippen molar-refractivity contribution in [2.24, 2.45) is 7.05 Å². The first-order valence-corrected chi connectivity index (χ1v) is 11.4. The van der Waals surface area contributed by atoms with E-state index in [1.807, 2.05) is 36.0 Å². The van der Waals surface area contributed by atoms with Crippen molar-refractivity contribution in [2.45, 2.75) is 37.0 Å². The average Bonchev–Trinajstić information content (AvgIpc) is 3.40. The Labute approximate surface area is 186 Å². The maximum absolute atomic E-state index is 12.5. The summed E-state index contributed by atoms with van der Waals surface area (Å²) in [6.45, 7) is 6.14. The van der Waals surface area contributed by atoms with Crippen LogP contribution in [0.1, 0.15) is 34.4 Å². The molecule has 0 aliphatic carbocycles. The van der Waals surface area contributed by atoms with E-state index in [0.29, 0.717) is 18.1 Å². The van der Waals surface area contributed by atoms with E-state index in [0.717, 1.165) is 42.7 Å². The lowest BCUT2D eigenvalue weighted by Crippen LogP contribution is -2.40. The molecule has 0 spiro atoms. The molecule has 1 aliphatic heterocycles. The van der Waals surface area contributed by atoms with Crippen LogP contribution in [-0.2, 0) is 30.6 Å². The highest BCUT2D eigenvalue weighted by Gasteiger charge is 2.17. The number of aryl methyl sites for hydroxylation is 1. The van der Waals surface area contributed by atoms with Gasteiger partial charge in [0, 0.05) is 45.6 Å². The first-order valence-electron chi connectivity index (χ1n) is 10.5. The summed E-state index contributed by atoms with van der Waals surface area (Å²) in [4.78, 5) is 19.2. The molecule has 164 valence electrons. The van der Waals surface area contributed by atoms with Gasteiger partial charge < -0.3 is 19.0 Å². The van der Waals surface area contributed by atoms with Gasteiger partial charge in [0.05, 0.1) is 18.5 Å². The van der Waals surface area contributed by atoms with Gasteiger partial charge in [-0.05, 0) is 30.2 Å². The van der Waals surface area contributed by atoms with Crippen LogP contribution in [0.5, 0.6) is 0 Å². The van der Waals surface area contributed by atoms with Gasteiger partial charge in [0.1, 0.15) is 5.76 Å². The maximum atomic E-state index is 12.5. The van der Waals surface area contributed by atoms with Crippen LogP contribution in [0, 0.1) is 0 Å². The van der Waals surface area contributed by atoms with E-state index in [2.05, 4.69) is 34.3 Å². The molecule has 1 unspecified atom stereocenters. The fraction of sp³-hybridized carbons (Fsp3) is 0.391. The lowest BCUT2D eigenvalue weighted by atomic mass is 10.1. The lowest BCUT2D eigenvalue weighted by Gasteiger charge is -2.31. The summed E-state index contributed by atoms with van der Waals surface area (Å²) < 4.78 is 13.3. The molecular formula is C23H28N4O3S. The van der Waals surface area contributed by atoms with Crippen LogP contribution >= 0.6 is 11.8 Å². The molecule has 0 radical (unpaired) electrons. The zero-order valence-electron chi connectivity index (χ0n) is 17.9. The van der Waals surface area contributed by atoms with E-state index in [9.17, 15) is 4.79 Å². The zero-order valence-corrected chi connectivity index (χ0v) is 18.7. The third-order valence-corrected chi connectivity index (χ3v) is 6.26. The number of carbonyl (C=O) groups excluding carboxylic acids is 1. The van der Waals surface area contributed by atoms with Crippen LogP contribution in [0.2, 0.25) is 0 Å². The quantitative estimate of drug-likeness (QED) is 0.541. The van der Waals surface area contributed by atoms with Crippen LogP contribution in [0.15, 0.2) is 58.4 Å². The Balaban J connectivity index is 1.28. The minimum Gasteiger partial charge on any atom is -0.455 e. The van der Waals surface area contributed by atoms with Crippen molar-refractivity contribution in [3.8, 4) is 0 Å². The molecule has 4 rings (SSSR count). The van der Waals surface area contributed by atoms with Crippen LogP contribution in [0.25, 0.3) is 0 Å². The Kier molecular flexibility index (Phi) is 7.11. The lowest BCUT2D eigenvalue weighted by molar-refractivity contribution is -0.0212. The predicted octanol–water partition coefficient (Wildman–Crippen LogP) is 3.46. The number of imidazole rings is 1. The molecule has 1 aromatic carbocycles. The van der Waals surface area contributed by atoms with Gasteiger partial charge in [0.15, 0.2) is 10.9 Å². The van der Waals surface area contributed by atoms with Crippen molar-refractivity contribution in [1.29, 1.82) is 0 Å². The Hall–Kier alpha value is -2.55. The molecule has 1 saturated heterocycles. The van der Waals surface area contributed by atoms with Crippen molar-refractivity contribution >= 4 is 17.7 Å². The van der Waals surface area contributed by atoms with Gasteiger partial charge in [-0.3, -0.25) is 9.69 Å². The highest BCUT2D eigenvalue weighted by Crippen LogP contribution is 2.22. The Bertz CT molecular complexity index is 1020. The molecule has 3 aromatic rings. The number of ether oxygens (including phenoxy) is 1. The number of hydrogen-bond donors (Lipinski definition) is 1. The van der Waals surface area contributed by atoms with Crippen LogP contribution in [-0.4, -0.2) is 46.2 Å². The van der Waals surface area contributed by atoms with Crippen LogP contribution in [0.4, 0.5) is 0 Å². The Morgan fingerprint density at radius 1 is 1.29 bits per heavy atom. The topological polar surface area (TPSA) is 72.5 Å². The standard InChI is InChI=1S/C23H28N4O3S/c1-17-14-27(10-11-29-17)15-19-5-3-4-18(12-19)13-25-22(28)21-7-6-20(30-21)16-31-23-24-8-9-26(23)2/h3-9,12,17H,10-11,13-16H2,1-2H3,(H,25,28). The number of thioether (sulfide) groups is 1. The number of hydrogen-bond acceptors (Lipinski definition) is 6. The van der Waals surface area contributed by atoms with Gasteiger partial charge in [0.2, 0.25) is 0 Å². The molecule has 1 amide bonds. The fourth-order valence-corrected chi connectivity index (χ4v) is 4.43. The monoisotopic (exact) mass is 440 g/mol. The van der Waals surface area contributed by atoms with Gasteiger partial charge >= 0.3 is 0 Å². The summed E-state index contributed by atoms with van der Waals surface area (Å²) >= 11 is 1.57. The first-order chi connectivity index (χ1) is 15.1. The molecular weight excluding hydrogens is 412 g/mol. The molecule has 1 atom stereocenters. The largest absolute Gasteiger partial charge is 0.455 e. The number of amides is 1. The average molecular weight is 441 g/mol. The van der Waals surface area contributed by atoms with E-state index < -0.39 is 0 Å². The highest BCUT2D eigenvalue weighted by atomic mass is 32.2. The molecule has 1 N–H and O–H groups in total. The normalized spacial score (nSPS) is 17.0. The molecule has 8 heteroatoms. The number of furan rings is 1. The Morgan fingerprint density at radius 2 is 2.16 bits per heavy atom. The fourth-order valence-electron chi connectivity index (χ4n) is 3.60. The minimum atomic E-state index is -0.208. The second-order valence-electron chi connectivity index (χ2n) is 7.79. The molecule has 3 heterocycles. The molecule has 1 aliphatic rings. The molecule has 7 nitrogen and oxygen atoms in total. The zero-order chi connectivity index (χ0) is 21.6. The van der Waals surface area contributed by atoms with Crippen LogP contribution in [0.3, 0.4) is 0 Å². The molecule has 2 aromatic heterocycles. The number of nitrogens with one attached hydrogen (secondary N) is 1. The van der Waals surface area contributed by atoms with Crippen molar-refractivity contribution in [2.75, 3.05) is 19.7 Å². The number of rotatable bonds is 8. The second-order valence-corrected chi connectivity index (χ2v) is 8.74. The van der Waals surface area contributed by atoms with Crippen molar-refractivity contribution < 1.29 is 13.9 Å². The van der Waals surface area contributed by atoms with Crippen molar-refractivity contribution in [1.82, 2.24) is 19.8 Å². The summed E-state index contributed by atoms with van der Waals surface area (Å²) in [6, 6.07) is 11.9. The Morgan fingerprint density at radius 3 is 2.97 bits per heavy atom. The highest BCUT2D eigenvalue weighted by molar-refractivity contribution is 7.98. The third-order valence-electron chi connectivity index (χ3n) is 5.18. The maximum Gasteiger partial charge on any atom is 0.287 e. The molecule has 0 saturated carbocycles. The van der Waals surface area contributed by atoms with Gasteiger partial charge in [-0.2, -0.15) is 0 Å². The SMILES string of the molecule is CC1CN(Cc2cccc(CNC(=O)c3ccc(CSc4nccn4C)o3)c2)CCO1. The molecule has 1 fully saturated rings. The van der Waals surface area contributed by atoms with Gasteiger partial charge in [0.25, 0.3) is 5.91 Å². The molecule has 0 bridgehead atoms.